The van der Waals surface area contributed by atoms with Crippen molar-refractivity contribution in [2.24, 2.45) is 0 Å². The maximum absolute atomic E-state index is 12.6. The SMILES string of the molecule is CNC(=O)c1ccc(CNC(=O)C[C@@H](c2ccccc2)c2cccc(Cl)c2)o1. The minimum Gasteiger partial charge on any atom is -0.454 e. The Morgan fingerprint density at radius 1 is 1.00 bits per heavy atom. The maximum Gasteiger partial charge on any atom is 0.286 e. The number of benzene rings is 2. The summed E-state index contributed by atoms with van der Waals surface area (Å²) < 4.78 is 5.43. The Labute approximate surface area is 168 Å². The van der Waals surface area contributed by atoms with Crippen molar-refractivity contribution in [3.05, 3.63) is 94.4 Å². The van der Waals surface area contributed by atoms with Gasteiger partial charge in [0.2, 0.25) is 5.91 Å². The minimum atomic E-state index is -0.303. The van der Waals surface area contributed by atoms with E-state index in [-0.39, 0.29) is 36.5 Å². The summed E-state index contributed by atoms with van der Waals surface area (Å²) in [7, 11) is 1.53. The highest BCUT2D eigenvalue weighted by molar-refractivity contribution is 6.30. The van der Waals surface area contributed by atoms with E-state index in [9.17, 15) is 9.59 Å². The van der Waals surface area contributed by atoms with Crippen molar-refractivity contribution in [3.8, 4) is 0 Å². The number of rotatable bonds is 7. The smallest absolute Gasteiger partial charge is 0.286 e. The first-order valence-electron chi connectivity index (χ1n) is 8.94. The molecule has 2 aromatic carbocycles. The van der Waals surface area contributed by atoms with Gasteiger partial charge in [0, 0.05) is 24.4 Å². The molecular formula is C22H21ClN2O3. The number of hydrogen-bond donors (Lipinski definition) is 2. The van der Waals surface area contributed by atoms with Gasteiger partial charge in [0.1, 0.15) is 5.76 Å². The van der Waals surface area contributed by atoms with E-state index in [1.165, 1.54) is 7.05 Å². The second kappa shape index (κ2) is 9.24. The molecule has 1 aromatic heterocycles. The predicted octanol–water partition coefficient (Wildman–Crippen LogP) is 4.13. The third kappa shape index (κ3) is 5.02. The molecule has 0 aliphatic heterocycles. The number of carbonyl (C=O) groups is 2. The zero-order valence-corrected chi connectivity index (χ0v) is 16.2. The number of hydrogen-bond acceptors (Lipinski definition) is 3. The van der Waals surface area contributed by atoms with Crippen LogP contribution in [0.4, 0.5) is 0 Å². The van der Waals surface area contributed by atoms with Gasteiger partial charge in [-0.2, -0.15) is 0 Å². The quantitative estimate of drug-likeness (QED) is 0.630. The number of furan rings is 1. The zero-order chi connectivity index (χ0) is 19.9. The molecule has 0 bridgehead atoms. The Balaban J connectivity index is 1.69. The Hall–Kier alpha value is -3.05. The molecule has 0 spiro atoms. The second-order valence-corrected chi connectivity index (χ2v) is 6.78. The standard InChI is InChI=1S/C22H21ClN2O3/c1-24-22(27)20-11-10-18(28-20)14-25-21(26)13-19(15-6-3-2-4-7-15)16-8-5-9-17(23)12-16/h2-12,19H,13-14H2,1H3,(H,24,27)(H,25,26)/t19-/m0/s1. The fraction of sp³-hybridized carbons (Fsp3) is 0.182. The summed E-state index contributed by atoms with van der Waals surface area (Å²) in [6, 6.07) is 20.7. The fourth-order valence-electron chi connectivity index (χ4n) is 3.00. The van der Waals surface area contributed by atoms with Gasteiger partial charge >= 0.3 is 0 Å². The summed E-state index contributed by atoms with van der Waals surface area (Å²) in [5.74, 6) is 0.200. The lowest BCUT2D eigenvalue weighted by Crippen LogP contribution is -2.25. The molecular weight excluding hydrogens is 376 g/mol. The van der Waals surface area contributed by atoms with E-state index in [2.05, 4.69) is 10.6 Å². The van der Waals surface area contributed by atoms with Crippen LogP contribution in [-0.2, 0) is 11.3 Å². The topological polar surface area (TPSA) is 71.3 Å². The number of halogens is 1. The van der Waals surface area contributed by atoms with E-state index >= 15 is 0 Å². The third-order valence-corrected chi connectivity index (χ3v) is 4.65. The van der Waals surface area contributed by atoms with E-state index in [4.69, 9.17) is 16.0 Å². The van der Waals surface area contributed by atoms with Crippen molar-refractivity contribution < 1.29 is 14.0 Å². The molecule has 0 unspecified atom stereocenters. The summed E-state index contributed by atoms with van der Waals surface area (Å²) in [6.45, 7) is 0.215. The van der Waals surface area contributed by atoms with Gasteiger partial charge in [-0.1, -0.05) is 54.1 Å². The van der Waals surface area contributed by atoms with Crippen LogP contribution in [0.5, 0.6) is 0 Å². The number of nitrogens with one attached hydrogen (secondary N) is 2. The Kier molecular flexibility index (Phi) is 6.50. The van der Waals surface area contributed by atoms with Gasteiger partial charge < -0.3 is 15.1 Å². The summed E-state index contributed by atoms with van der Waals surface area (Å²) in [6.07, 6.45) is 0.271. The highest BCUT2D eigenvalue weighted by Crippen LogP contribution is 2.29. The lowest BCUT2D eigenvalue weighted by atomic mass is 9.88. The number of carbonyl (C=O) groups excluding carboxylic acids is 2. The predicted molar refractivity (Wildman–Crippen MR) is 108 cm³/mol. The van der Waals surface area contributed by atoms with E-state index in [0.717, 1.165) is 11.1 Å². The van der Waals surface area contributed by atoms with Crippen molar-refractivity contribution >= 4 is 23.4 Å². The molecule has 2 N–H and O–H groups in total. The molecule has 0 aliphatic rings. The van der Waals surface area contributed by atoms with Gasteiger partial charge in [0.05, 0.1) is 6.54 Å². The molecule has 1 atom stereocenters. The van der Waals surface area contributed by atoms with Crippen molar-refractivity contribution in [1.82, 2.24) is 10.6 Å². The van der Waals surface area contributed by atoms with Crippen LogP contribution in [0.2, 0.25) is 5.02 Å². The summed E-state index contributed by atoms with van der Waals surface area (Å²) in [5.41, 5.74) is 2.02. The molecule has 144 valence electrons. The first kappa shape index (κ1) is 19.7. The molecule has 0 aliphatic carbocycles. The van der Waals surface area contributed by atoms with E-state index in [1.807, 2.05) is 54.6 Å². The summed E-state index contributed by atoms with van der Waals surface area (Å²) >= 11 is 6.15. The fourth-order valence-corrected chi connectivity index (χ4v) is 3.20. The average molecular weight is 397 g/mol. The number of amides is 2. The average Bonchev–Trinajstić information content (AvgIpc) is 3.19. The summed E-state index contributed by atoms with van der Waals surface area (Å²) in [5, 5.41) is 5.99. The largest absolute Gasteiger partial charge is 0.454 e. The molecule has 0 fully saturated rings. The Bertz CT molecular complexity index is 953. The lowest BCUT2D eigenvalue weighted by Gasteiger charge is -2.18. The highest BCUT2D eigenvalue weighted by Gasteiger charge is 2.19. The van der Waals surface area contributed by atoms with Crippen LogP contribution in [-0.4, -0.2) is 18.9 Å². The zero-order valence-electron chi connectivity index (χ0n) is 15.4. The molecule has 0 saturated carbocycles. The van der Waals surface area contributed by atoms with E-state index < -0.39 is 0 Å². The van der Waals surface area contributed by atoms with Crippen LogP contribution in [0.25, 0.3) is 0 Å². The first-order valence-corrected chi connectivity index (χ1v) is 9.32. The van der Waals surface area contributed by atoms with Crippen LogP contribution >= 0.6 is 11.6 Å². The maximum atomic E-state index is 12.6. The molecule has 0 saturated heterocycles. The van der Waals surface area contributed by atoms with Gasteiger partial charge in [-0.15, -0.1) is 0 Å². The molecule has 28 heavy (non-hydrogen) atoms. The van der Waals surface area contributed by atoms with Gasteiger partial charge in [-0.3, -0.25) is 9.59 Å². The van der Waals surface area contributed by atoms with Gasteiger partial charge in [-0.25, -0.2) is 0 Å². The molecule has 6 heteroatoms. The third-order valence-electron chi connectivity index (χ3n) is 4.41. The second-order valence-electron chi connectivity index (χ2n) is 6.34. The van der Waals surface area contributed by atoms with Crippen LogP contribution in [0, 0.1) is 0 Å². The molecule has 3 aromatic rings. The van der Waals surface area contributed by atoms with Crippen molar-refractivity contribution in [1.29, 1.82) is 0 Å². The monoisotopic (exact) mass is 396 g/mol. The normalized spacial score (nSPS) is 11.6. The first-order chi connectivity index (χ1) is 13.6. The molecule has 2 amide bonds. The minimum absolute atomic E-state index is 0.113. The lowest BCUT2D eigenvalue weighted by molar-refractivity contribution is -0.121. The molecule has 5 nitrogen and oxygen atoms in total. The van der Waals surface area contributed by atoms with Crippen molar-refractivity contribution in [2.75, 3.05) is 7.05 Å². The van der Waals surface area contributed by atoms with E-state index in [0.29, 0.717) is 10.8 Å². The Morgan fingerprint density at radius 3 is 2.46 bits per heavy atom. The Morgan fingerprint density at radius 2 is 1.75 bits per heavy atom. The molecule has 3 rings (SSSR count). The molecule has 0 radical (unpaired) electrons. The van der Waals surface area contributed by atoms with Crippen LogP contribution in [0.15, 0.2) is 71.1 Å². The summed E-state index contributed by atoms with van der Waals surface area (Å²) in [4.78, 5) is 24.1. The van der Waals surface area contributed by atoms with Crippen LogP contribution < -0.4 is 10.6 Å². The van der Waals surface area contributed by atoms with Gasteiger partial charge in [0.15, 0.2) is 5.76 Å². The molecule has 1 heterocycles. The van der Waals surface area contributed by atoms with Gasteiger partial charge in [0.25, 0.3) is 5.91 Å². The highest BCUT2D eigenvalue weighted by atomic mass is 35.5. The van der Waals surface area contributed by atoms with Crippen molar-refractivity contribution in [2.45, 2.75) is 18.9 Å². The van der Waals surface area contributed by atoms with Gasteiger partial charge in [-0.05, 0) is 35.4 Å². The van der Waals surface area contributed by atoms with E-state index in [1.54, 1.807) is 12.1 Å². The van der Waals surface area contributed by atoms with Crippen molar-refractivity contribution in [3.63, 3.8) is 0 Å². The van der Waals surface area contributed by atoms with Crippen LogP contribution in [0.3, 0.4) is 0 Å². The van der Waals surface area contributed by atoms with Crippen LogP contribution in [0.1, 0.15) is 39.8 Å².